The zero-order valence-electron chi connectivity index (χ0n) is 13.0. The monoisotopic (exact) mass is 290 g/mol. The molecule has 0 spiro atoms. The van der Waals surface area contributed by atoms with E-state index in [1.54, 1.807) is 6.07 Å². The lowest BCUT2D eigenvalue weighted by Crippen LogP contribution is -2.47. The normalized spacial score (nSPS) is 27.3. The van der Waals surface area contributed by atoms with Crippen molar-refractivity contribution in [2.45, 2.75) is 64.0 Å². The number of benzene rings is 1. The predicted molar refractivity (Wildman–Crippen MR) is 86.1 cm³/mol. The molecule has 1 heterocycles. The number of nitrogens with two attached hydrogens (primary N) is 1. The van der Waals surface area contributed by atoms with Gasteiger partial charge in [0.05, 0.1) is 5.69 Å². The summed E-state index contributed by atoms with van der Waals surface area (Å²) in [4.78, 5) is 2.35. The maximum atomic E-state index is 14.6. The molecule has 2 fully saturated rings. The summed E-state index contributed by atoms with van der Waals surface area (Å²) < 4.78 is 14.6. The molecule has 0 radical (unpaired) electrons. The highest BCUT2D eigenvalue weighted by molar-refractivity contribution is 5.51. The van der Waals surface area contributed by atoms with Gasteiger partial charge in [-0.2, -0.15) is 0 Å². The van der Waals surface area contributed by atoms with Crippen molar-refractivity contribution in [3.8, 4) is 0 Å². The van der Waals surface area contributed by atoms with Crippen molar-refractivity contribution >= 4 is 5.69 Å². The lowest BCUT2D eigenvalue weighted by Gasteiger charge is -2.45. The first kappa shape index (κ1) is 14.8. The number of nitrogens with zero attached hydrogens (tertiary/aromatic N) is 1. The summed E-state index contributed by atoms with van der Waals surface area (Å²) >= 11 is 0. The van der Waals surface area contributed by atoms with Crippen molar-refractivity contribution < 1.29 is 4.39 Å². The van der Waals surface area contributed by atoms with E-state index >= 15 is 0 Å². The van der Waals surface area contributed by atoms with Crippen LogP contribution in [0.3, 0.4) is 0 Å². The third kappa shape index (κ3) is 3.23. The summed E-state index contributed by atoms with van der Waals surface area (Å²) in [6.07, 6.45) is 8.46. The third-order valence-electron chi connectivity index (χ3n) is 5.12. The largest absolute Gasteiger partial charge is 0.366 e. The van der Waals surface area contributed by atoms with Crippen LogP contribution < -0.4 is 10.6 Å². The molecule has 1 aliphatic carbocycles. The first-order valence-corrected chi connectivity index (χ1v) is 8.46. The van der Waals surface area contributed by atoms with Crippen LogP contribution in [0.2, 0.25) is 0 Å². The van der Waals surface area contributed by atoms with E-state index < -0.39 is 0 Å². The molecule has 0 bridgehead atoms. The molecule has 1 saturated heterocycles. The Morgan fingerprint density at radius 1 is 1.24 bits per heavy atom. The molecule has 1 aliphatic heterocycles. The van der Waals surface area contributed by atoms with Crippen molar-refractivity contribution in [3.05, 3.63) is 29.6 Å². The van der Waals surface area contributed by atoms with Gasteiger partial charge in [-0.3, -0.25) is 0 Å². The summed E-state index contributed by atoms with van der Waals surface area (Å²) in [5.74, 6) is 0.704. The number of anilines is 1. The molecule has 2 nitrogen and oxygen atoms in total. The van der Waals surface area contributed by atoms with E-state index in [9.17, 15) is 4.39 Å². The van der Waals surface area contributed by atoms with Gasteiger partial charge in [0.25, 0.3) is 0 Å². The molecule has 1 unspecified atom stereocenters. The van der Waals surface area contributed by atoms with Gasteiger partial charge in [0, 0.05) is 18.6 Å². The Kier molecular flexibility index (Phi) is 4.48. The predicted octanol–water partition coefficient (Wildman–Crippen LogP) is 3.87. The van der Waals surface area contributed by atoms with E-state index in [0.717, 1.165) is 30.1 Å². The van der Waals surface area contributed by atoms with E-state index in [2.05, 4.69) is 4.90 Å². The Morgan fingerprint density at radius 2 is 2.00 bits per heavy atom. The Bertz CT molecular complexity index is 484. The van der Waals surface area contributed by atoms with Crippen molar-refractivity contribution in [1.82, 2.24) is 0 Å². The minimum Gasteiger partial charge on any atom is -0.366 e. The zero-order valence-corrected chi connectivity index (χ0v) is 13.0. The molecule has 0 aromatic heterocycles. The second-order valence-corrected chi connectivity index (χ2v) is 6.91. The van der Waals surface area contributed by atoms with Crippen molar-refractivity contribution in [2.75, 3.05) is 11.4 Å². The highest BCUT2D eigenvalue weighted by Crippen LogP contribution is 2.38. The molecule has 21 heavy (non-hydrogen) atoms. The maximum Gasteiger partial charge on any atom is 0.146 e. The number of hydrogen-bond donors (Lipinski definition) is 1. The molecule has 2 aliphatic rings. The van der Waals surface area contributed by atoms with E-state index in [4.69, 9.17) is 5.73 Å². The highest BCUT2D eigenvalue weighted by atomic mass is 19.1. The molecule has 116 valence electrons. The van der Waals surface area contributed by atoms with Crippen LogP contribution >= 0.6 is 0 Å². The summed E-state index contributed by atoms with van der Waals surface area (Å²) in [5, 5.41) is 0. The van der Waals surface area contributed by atoms with E-state index in [-0.39, 0.29) is 11.9 Å². The van der Waals surface area contributed by atoms with E-state index in [1.807, 2.05) is 19.1 Å². The fourth-order valence-corrected chi connectivity index (χ4v) is 4.21. The SMILES string of the molecule is CC(N)Cc1ccc(N2CCC[C@H]3CCCC[C@H]32)c(F)c1. The van der Waals surface area contributed by atoms with E-state index in [0.29, 0.717) is 6.04 Å². The fraction of sp³-hybridized carbons (Fsp3) is 0.667. The minimum absolute atomic E-state index is 0.0700. The lowest BCUT2D eigenvalue weighted by molar-refractivity contribution is 0.242. The second-order valence-electron chi connectivity index (χ2n) is 6.91. The molecule has 3 heteroatoms. The molecule has 1 aromatic rings. The van der Waals surface area contributed by atoms with Crippen LogP contribution in [0.5, 0.6) is 0 Å². The average molecular weight is 290 g/mol. The molecule has 1 saturated carbocycles. The van der Waals surface area contributed by atoms with Gasteiger partial charge in [-0.05, 0) is 62.6 Å². The summed E-state index contributed by atoms with van der Waals surface area (Å²) in [6, 6.07) is 6.35. The molecule has 1 aromatic carbocycles. The van der Waals surface area contributed by atoms with Crippen LogP contribution in [0.4, 0.5) is 10.1 Å². The van der Waals surface area contributed by atoms with Crippen LogP contribution in [-0.4, -0.2) is 18.6 Å². The fourth-order valence-electron chi connectivity index (χ4n) is 4.21. The van der Waals surface area contributed by atoms with Crippen molar-refractivity contribution in [3.63, 3.8) is 0 Å². The molecule has 0 amide bonds. The Morgan fingerprint density at radius 3 is 2.76 bits per heavy atom. The van der Waals surface area contributed by atoms with Gasteiger partial charge >= 0.3 is 0 Å². The average Bonchev–Trinajstić information content (AvgIpc) is 2.46. The topological polar surface area (TPSA) is 29.3 Å². The van der Waals surface area contributed by atoms with Crippen LogP contribution in [0, 0.1) is 11.7 Å². The van der Waals surface area contributed by atoms with Gasteiger partial charge in [0.1, 0.15) is 5.82 Å². The molecular weight excluding hydrogens is 263 g/mol. The first-order chi connectivity index (χ1) is 10.1. The molecule has 3 rings (SSSR count). The van der Waals surface area contributed by atoms with Crippen LogP contribution in [-0.2, 0) is 6.42 Å². The van der Waals surface area contributed by atoms with Crippen molar-refractivity contribution in [2.24, 2.45) is 11.7 Å². The number of piperidine rings is 1. The number of halogens is 1. The van der Waals surface area contributed by atoms with Gasteiger partial charge in [0.15, 0.2) is 0 Å². The summed E-state index contributed by atoms with van der Waals surface area (Å²) in [7, 11) is 0. The van der Waals surface area contributed by atoms with Gasteiger partial charge < -0.3 is 10.6 Å². The summed E-state index contributed by atoms with van der Waals surface area (Å²) in [6.45, 7) is 2.97. The standard InChI is InChI=1S/C18H27FN2/c1-13(20)11-14-8-9-18(16(19)12-14)21-10-4-6-15-5-2-3-7-17(15)21/h8-9,12-13,15,17H,2-7,10-11,20H2,1H3/t13?,15-,17-/m1/s1. The van der Waals surface area contributed by atoms with Gasteiger partial charge in [-0.15, -0.1) is 0 Å². The Balaban J connectivity index is 1.81. The van der Waals surface area contributed by atoms with Crippen LogP contribution in [0.25, 0.3) is 0 Å². The third-order valence-corrected chi connectivity index (χ3v) is 5.12. The first-order valence-electron chi connectivity index (χ1n) is 8.46. The number of hydrogen-bond acceptors (Lipinski definition) is 2. The minimum atomic E-state index is -0.0700. The van der Waals surface area contributed by atoms with Crippen LogP contribution in [0.15, 0.2) is 18.2 Å². The van der Waals surface area contributed by atoms with Crippen LogP contribution in [0.1, 0.15) is 51.0 Å². The number of rotatable bonds is 3. The smallest absolute Gasteiger partial charge is 0.146 e. The molecule has 2 N–H and O–H groups in total. The zero-order chi connectivity index (χ0) is 14.8. The highest BCUT2D eigenvalue weighted by Gasteiger charge is 2.34. The van der Waals surface area contributed by atoms with Gasteiger partial charge in [-0.25, -0.2) is 4.39 Å². The lowest BCUT2D eigenvalue weighted by atomic mass is 9.78. The quantitative estimate of drug-likeness (QED) is 0.915. The van der Waals surface area contributed by atoms with E-state index in [1.165, 1.54) is 38.5 Å². The molecular formula is C18H27FN2. The maximum absolute atomic E-state index is 14.6. The van der Waals surface area contributed by atoms with Gasteiger partial charge in [-0.1, -0.05) is 18.9 Å². The molecule has 3 atom stereocenters. The number of fused-ring (bicyclic) bond motifs is 1. The Labute approximate surface area is 127 Å². The second kappa shape index (κ2) is 6.35. The van der Waals surface area contributed by atoms with Crippen molar-refractivity contribution in [1.29, 1.82) is 0 Å². The summed E-state index contributed by atoms with van der Waals surface area (Å²) in [5.41, 5.74) is 7.62. The Hall–Kier alpha value is -1.09. The van der Waals surface area contributed by atoms with Gasteiger partial charge in [0.2, 0.25) is 0 Å².